The summed E-state index contributed by atoms with van der Waals surface area (Å²) in [5.41, 5.74) is 3.64. The highest BCUT2D eigenvalue weighted by atomic mass is 79.9. The van der Waals surface area contributed by atoms with Crippen LogP contribution in [0, 0.1) is 21.4 Å². The van der Waals surface area contributed by atoms with Crippen molar-refractivity contribution in [3.05, 3.63) is 44.2 Å². The first-order valence-electron chi connectivity index (χ1n) is 6.73. The first-order chi connectivity index (χ1) is 12.5. The van der Waals surface area contributed by atoms with E-state index in [0.29, 0.717) is 6.07 Å². The molecule has 0 aliphatic rings. The molecule has 0 saturated heterocycles. The molecule has 0 saturated carbocycles. The normalized spacial score (nSPS) is 11.0. The van der Waals surface area contributed by atoms with Crippen LogP contribution in [-0.2, 0) is 4.74 Å². The molecule has 0 aliphatic heterocycles. The number of carbonyl (C=O) groups excluding carboxylic acids is 1. The van der Waals surface area contributed by atoms with Crippen molar-refractivity contribution in [2.24, 2.45) is 0 Å². The lowest BCUT2D eigenvalue weighted by atomic mass is 10.2. The Kier molecular flexibility index (Phi) is 5.31. The van der Waals surface area contributed by atoms with Crippen LogP contribution in [0.4, 0.5) is 24.5 Å². The smallest absolute Gasteiger partial charge is 0.464 e. The van der Waals surface area contributed by atoms with Gasteiger partial charge in [0, 0.05) is 6.20 Å². The van der Waals surface area contributed by atoms with Crippen molar-refractivity contribution in [2.75, 3.05) is 12.8 Å². The van der Waals surface area contributed by atoms with Crippen molar-refractivity contribution < 1.29 is 32.4 Å². The third-order valence-corrected chi connectivity index (χ3v) is 3.84. The van der Waals surface area contributed by atoms with Gasteiger partial charge in [0.1, 0.15) is 17.5 Å². The van der Waals surface area contributed by atoms with Gasteiger partial charge < -0.3 is 19.8 Å². The largest absolute Gasteiger partial charge is 0.573 e. The molecule has 0 fully saturated rings. The van der Waals surface area contributed by atoms with E-state index in [-0.39, 0.29) is 21.4 Å². The fraction of sp³-hybridized carbons (Fsp3) is 0.143. The predicted octanol–water partition coefficient (Wildman–Crippen LogP) is 3.29. The Morgan fingerprint density at radius 2 is 2.07 bits per heavy atom. The molecule has 2 aromatic rings. The molecule has 2 N–H and O–H groups in total. The molecule has 142 valence electrons. The van der Waals surface area contributed by atoms with Crippen LogP contribution in [0.5, 0.6) is 5.75 Å². The zero-order valence-electron chi connectivity index (χ0n) is 13.2. The number of nitriles is 1. The number of hydrogen-bond acceptors (Lipinski definition) is 7. The summed E-state index contributed by atoms with van der Waals surface area (Å²) in [5.74, 6) is -1.86. The second-order valence-corrected chi connectivity index (χ2v) is 5.71. The van der Waals surface area contributed by atoms with Crippen molar-refractivity contribution in [1.29, 1.82) is 5.26 Å². The van der Waals surface area contributed by atoms with Crippen LogP contribution < -0.4 is 10.5 Å². The third-order valence-electron chi connectivity index (χ3n) is 3.23. The number of ether oxygens (including phenoxy) is 2. The minimum atomic E-state index is -5.07. The Balaban J connectivity index is 2.82. The molecule has 0 atom stereocenters. The van der Waals surface area contributed by atoms with E-state index in [1.807, 2.05) is 0 Å². The van der Waals surface area contributed by atoms with E-state index in [1.165, 1.54) is 0 Å². The van der Waals surface area contributed by atoms with E-state index in [0.717, 1.165) is 23.9 Å². The standard InChI is InChI=1S/C14H8BrF3N4O5/c1-26-13(23)12-10(20)6(4-19)5-21(12)11-8(15)2-7(27-14(16,17)18)3-9(11)22(24)25/h2-3,5H,20H2,1H3. The van der Waals surface area contributed by atoms with Gasteiger partial charge in [0.15, 0.2) is 5.69 Å². The van der Waals surface area contributed by atoms with Crippen LogP contribution in [0.2, 0.25) is 0 Å². The van der Waals surface area contributed by atoms with E-state index in [9.17, 15) is 28.1 Å². The molecule has 2 rings (SSSR count). The average molecular weight is 449 g/mol. The number of halogens is 4. The van der Waals surface area contributed by atoms with Crippen molar-refractivity contribution in [3.8, 4) is 17.5 Å². The number of carbonyl (C=O) groups is 1. The van der Waals surface area contributed by atoms with Gasteiger partial charge in [-0.05, 0) is 22.0 Å². The zero-order chi connectivity index (χ0) is 20.5. The first-order valence-corrected chi connectivity index (χ1v) is 7.52. The second-order valence-electron chi connectivity index (χ2n) is 4.86. The summed E-state index contributed by atoms with van der Waals surface area (Å²) in [6, 6.07) is 3.05. The van der Waals surface area contributed by atoms with Gasteiger partial charge >= 0.3 is 12.3 Å². The molecular weight excluding hydrogens is 441 g/mol. The quantitative estimate of drug-likeness (QED) is 0.430. The molecule has 0 amide bonds. The van der Waals surface area contributed by atoms with E-state index in [1.54, 1.807) is 6.07 Å². The van der Waals surface area contributed by atoms with Crippen molar-refractivity contribution >= 4 is 33.3 Å². The number of benzene rings is 1. The van der Waals surface area contributed by atoms with Crippen LogP contribution in [0.3, 0.4) is 0 Å². The fourth-order valence-electron chi connectivity index (χ4n) is 2.22. The summed E-state index contributed by atoms with van der Waals surface area (Å²) in [5, 5.41) is 20.5. The first kappa shape index (κ1) is 20.0. The number of nitro benzene ring substituents is 1. The molecule has 0 radical (unpaired) electrons. The highest BCUT2D eigenvalue weighted by molar-refractivity contribution is 9.10. The second kappa shape index (κ2) is 7.16. The van der Waals surface area contributed by atoms with Crippen molar-refractivity contribution in [3.63, 3.8) is 0 Å². The molecule has 27 heavy (non-hydrogen) atoms. The summed E-state index contributed by atoms with van der Waals surface area (Å²) in [6.45, 7) is 0. The van der Waals surface area contributed by atoms with Gasteiger partial charge in [-0.2, -0.15) is 5.26 Å². The maximum Gasteiger partial charge on any atom is 0.573 e. The maximum atomic E-state index is 12.4. The Bertz CT molecular complexity index is 981. The Morgan fingerprint density at radius 3 is 2.56 bits per heavy atom. The monoisotopic (exact) mass is 448 g/mol. The Hall–Kier alpha value is -3.27. The fourth-order valence-corrected chi connectivity index (χ4v) is 2.84. The van der Waals surface area contributed by atoms with Gasteiger partial charge in [-0.3, -0.25) is 10.1 Å². The molecular formula is C14H8BrF3N4O5. The lowest BCUT2D eigenvalue weighted by Gasteiger charge is -2.14. The number of rotatable bonds is 4. The molecule has 13 heteroatoms. The van der Waals surface area contributed by atoms with E-state index in [4.69, 9.17) is 11.0 Å². The van der Waals surface area contributed by atoms with Crippen LogP contribution in [0.15, 0.2) is 22.8 Å². The molecule has 0 unspecified atom stereocenters. The summed E-state index contributed by atoms with van der Waals surface area (Å²) in [6.07, 6.45) is -4.04. The Labute approximate surface area is 157 Å². The highest BCUT2D eigenvalue weighted by Gasteiger charge is 2.34. The zero-order valence-corrected chi connectivity index (χ0v) is 14.8. The SMILES string of the molecule is COC(=O)c1c(N)c(C#N)cn1-c1c(Br)cc(OC(F)(F)F)cc1[N+](=O)[O-]. The van der Waals surface area contributed by atoms with Crippen molar-refractivity contribution in [2.45, 2.75) is 6.36 Å². The summed E-state index contributed by atoms with van der Waals surface area (Å²) in [4.78, 5) is 22.4. The third kappa shape index (κ3) is 3.95. The minimum absolute atomic E-state index is 0.188. The van der Waals surface area contributed by atoms with Gasteiger partial charge in [-0.25, -0.2) is 4.79 Å². The molecule has 9 nitrogen and oxygen atoms in total. The Morgan fingerprint density at radius 1 is 1.44 bits per heavy atom. The molecule has 0 bridgehead atoms. The number of nitrogen functional groups attached to an aromatic ring is 1. The lowest BCUT2D eigenvalue weighted by Crippen LogP contribution is -2.18. The number of alkyl halides is 3. The number of hydrogen-bond donors (Lipinski definition) is 1. The van der Waals surface area contributed by atoms with E-state index < -0.39 is 34.4 Å². The number of nitrogens with two attached hydrogens (primary N) is 1. The maximum absolute atomic E-state index is 12.4. The number of nitro groups is 1. The van der Waals surface area contributed by atoms with Gasteiger partial charge in [-0.15, -0.1) is 13.2 Å². The van der Waals surface area contributed by atoms with Gasteiger partial charge in [0.2, 0.25) is 0 Å². The number of nitrogens with zero attached hydrogens (tertiary/aromatic N) is 3. The van der Waals surface area contributed by atoms with E-state index in [2.05, 4.69) is 25.4 Å². The molecule has 0 spiro atoms. The predicted molar refractivity (Wildman–Crippen MR) is 87.3 cm³/mol. The van der Waals surface area contributed by atoms with Gasteiger partial charge in [0.05, 0.1) is 33.8 Å². The van der Waals surface area contributed by atoms with Gasteiger partial charge in [-0.1, -0.05) is 0 Å². The topological polar surface area (TPSA) is 133 Å². The summed E-state index contributed by atoms with van der Waals surface area (Å²) in [7, 11) is 1.02. The molecule has 1 aromatic carbocycles. The number of methoxy groups -OCH3 is 1. The van der Waals surface area contributed by atoms with Crippen LogP contribution in [-0.4, -0.2) is 28.9 Å². The molecule has 1 aromatic heterocycles. The van der Waals surface area contributed by atoms with Gasteiger partial charge in [0.25, 0.3) is 5.69 Å². The van der Waals surface area contributed by atoms with Crippen LogP contribution >= 0.6 is 15.9 Å². The van der Waals surface area contributed by atoms with Crippen LogP contribution in [0.1, 0.15) is 16.1 Å². The summed E-state index contributed by atoms with van der Waals surface area (Å²) < 4.78 is 46.2. The number of anilines is 1. The number of esters is 1. The van der Waals surface area contributed by atoms with Crippen LogP contribution in [0.25, 0.3) is 5.69 Å². The van der Waals surface area contributed by atoms with Crippen molar-refractivity contribution in [1.82, 2.24) is 4.57 Å². The average Bonchev–Trinajstić information content (AvgIpc) is 2.88. The molecule has 1 heterocycles. The minimum Gasteiger partial charge on any atom is -0.464 e. The number of aromatic nitrogens is 1. The molecule has 0 aliphatic carbocycles. The highest BCUT2D eigenvalue weighted by Crippen LogP contribution is 2.39. The summed E-state index contributed by atoms with van der Waals surface area (Å²) >= 11 is 2.92. The lowest BCUT2D eigenvalue weighted by molar-refractivity contribution is -0.384. The van der Waals surface area contributed by atoms with E-state index >= 15 is 0 Å².